The van der Waals surface area contributed by atoms with Crippen molar-refractivity contribution in [2.24, 2.45) is 11.8 Å². The van der Waals surface area contributed by atoms with Crippen LogP contribution >= 0.6 is 0 Å². The predicted molar refractivity (Wildman–Crippen MR) is 39.5 cm³/mol. The van der Waals surface area contributed by atoms with Gasteiger partial charge in [0.25, 0.3) is 0 Å². The van der Waals surface area contributed by atoms with E-state index in [-0.39, 0.29) is 18.6 Å². The van der Waals surface area contributed by atoms with Gasteiger partial charge in [-0.1, -0.05) is 19.1 Å². The molecular weight excluding hydrogens is 128 g/mol. The summed E-state index contributed by atoms with van der Waals surface area (Å²) in [5.41, 5.74) is 0. The molecule has 0 radical (unpaired) electrons. The van der Waals surface area contributed by atoms with Crippen LogP contribution in [0.5, 0.6) is 0 Å². The molecule has 0 heterocycles. The summed E-state index contributed by atoms with van der Waals surface area (Å²) < 4.78 is 0. The van der Waals surface area contributed by atoms with Crippen molar-refractivity contribution in [1.29, 1.82) is 0 Å². The lowest BCUT2D eigenvalue weighted by molar-refractivity contribution is 0.118. The summed E-state index contributed by atoms with van der Waals surface area (Å²) in [6, 6.07) is 0. The molecule has 0 unspecified atom stereocenters. The summed E-state index contributed by atoms with van der Waals surface area (Å²) in [4.78, 5) is 0. The van der Waals surface area contributed by atoms with Crippen molar-refractivity contribution in [2.45, 2.75) is 19.4 Å². The molecule has 1 aliphatic carbocycles. The van der Waals surface area contributed by atoms with Crippen LogP contribution in [0.1, 0.15) is 13.3 Å². The molecule has 0 bridgehead atoms. The van der Waals surface area contributed by atoms with Crippen LogP contribution in [0.15, 0.2) is 12.2 Å². The van der Waals surface area contributed by atoms with Crippen molar-refractivity contribution < 1.29 is 10.2 Å². The third-order valence-corrected chi connectivity index (χ3v) is 2.16. The molecule has 0 spiro atoms. The first-order chi connectivity index (χ1) is 4.74. The Morgan fingerprint density at radius 1 is 1.50 bits per heavy atom. The SMILES string of the molecule is C[C@@H]1C=C[C@@H](O)C[C@H]1CO. The molecule has 1 rings (SSSR count). The normalized spacial score (nSPS) is 40.1. The molecule has 0 aromatic heterocycles. The maximum absolute atomic E-state index is 9.13. The molecule has 58 valence electrons. The number of rotatable bonds is 1. The fraction of sp³-hybridized carbons (Fsp3) is 0.750. The third kappa shape index (κ3) is 1.58. The van der Waals surface area contributed by atoms with Gasteiger partial charge in [-0.25, -0.2) is 0 Å². The zero-order chi connectivity index (χ0) is 7.56. The lowest BCUT2D eigenvalue weighted by Gasteiger charge is -2.25. The Hall–Kier alpha value is -0.340. The van der Waals surface area contributed by atoms with Crippen molar-refractivity contribution in [3.63, 3.8) is 0 Å². The number of aliphatic hydroxyl groups excluding tert-OH is 2. The van der Waals surface area contributed by atoms with E-state index in [0.717, 1.165) is 0 Å². The topological polar surface area (TPSA) is 40.5 Å². The van der Waals surface area contributed by atoms with Crippen LogP contribution in [-0.2, 0) is 0 Å². The van der Waals surface area contributed by atoms with Gasteiger partial charge in [-0.3, -0.25) is 0 Å². The van der Waals surface area contributed by atoms with Gasteiger partial charge in [0, 0.05) is 6.61 Å². The first-order valence-corrected chi connectivity index (χ1v) is 3.71. The summed E-state index contributed by atoms with van der Waals surface area (Å²) in [6.45, 7) is 2.24. The number of aliphatic hydroxyl groups is 2. The van der Waals surface area contributed by atoms with Gasteiger partial charge in [0.1, 0.15) is 0 Å². The molecule has 1 aliphatic rings. The number of hydrogen-bond acceptors (Lipinski definition) is 2. The quantitative estimate of drug-likeness (QED) is 0.525. The first kappa shape index (κ1) is 7.76. The van der Waals surface area contributed by atoms with Gasteiger partial charge < -0.3 is 10.2 Å². The Morgan fingerprint density at radius 3 is 2.70 bits per heavy atom. The highest BCUT2D eigenvalue weighted by Gasteiger charge is 2.20. The second-order valence-corrected chi connectivity index (χ2v) is 2.99. The minimum Gasteiger partial charge on any atom is -0.396 e. The molecule has 2 N–H and O–H groups in total. The minimum absolute atomic E-state index is 0.183. The van der Waals surface area contributed by atoms with Gasteiger partial charge in [-0.05, 0) is 18.3 Å². The van der Waals surface area contributed by atoms with Crippen LogP contribution in [0.25, 0.3) is 0 Å². The van der Waals surface area contributed by atoms with E-state index in [1.807, 2.05) is 6.08 Å². The Balaban J connectivity index is 2.53. The van der Waals surface area contributed by atoms with Crippen LogP contribution in [0.4, 0.5) is 0 Å². The van der Waals surface area contributed by atoms with E-state index >= 15 is 0 Å². The fourth-order valence-electron chi connectivity index (χ4n) is 1.30. The standard InChI is InChI=1S/C8H14O2/c1-6-2-3-8(10)4-7(6)5-9/h2-3,6-10H,4-5H2,1H3/t6-,7+,8-/m1/s1. The average molecular weight is 142 g/mol. The minimum atomic E-state index is -0.339. The highest BCUT2D eigenvalue weighted by molar-refractivity contribution is 5.00. The third-order valence-electron chi connectivity index (χ3n) is 2.16. The zero-order valence-electron chi connectivity index (χ0n) is 6.20. The van der Waals surface area contributed by atoms with Crippen molar-refractivity contribution in [1.82, 2.24) is 0 Å². The molecule has 0 aromatic carbocycles. The van der Waals surface area contributed by atoms with Gasteiger partial charge >= 0.3 is 0 Å². The number of allylic oxidation sites excluding steroid dienone is 1. The lowest BCUT2D eigenvalue weighted by Crippen LogP contribution is -2.24. The van der Waals surface area contributed by atoms with Crippen LogP contribution in [-0.4, -0.2) is 22.9 Å². The summed E-state index contributed by atoms with van der Waals surface area (Å²) in [5.74, 6) is 0.661. The van der Waals surface area contributed by atoms with Crippen LogP contribution in [0.3, 0.4) is 0 Å². The summed E-state index contributed by atoms with van der Waals surface area (Å²) in [6.07, 6.45) is 4.13. The first-order valence-electron chi connectivity index (χ1n) is 3.71. The predicted octanol–water partition coefficient (Wildman–Crippen LogP) is 0.552. The van der Waals surface area contributed by atoms with Gasteiger partial charge in [0.2, 0.25) is 0 Å². The van der Waals surface area contributed by atoms with Gasteiger partial charge in [0.15, 0.2) is 0 Å². The molecule has 0 aromatic rings. The monoisotopic (exact) mass is 142 g/mol. The van der Waals surface area contributed by atoms with E-state index in [1.165, 1.54) is 0 Å². The average Bonchev–Trinajstić information content (AvgIpc) is 1.94. The fourth-order valence-corrected chi connectivity index (χ4v) is 1.30. The Kier molecular flexibility index (Phi) is 2.46. The van der Waals surface area contributed by atoms with Gasteiger partial charge in [-0.15, -0.1) is 0 Å². The highest BCUT2D eigenvalue weighted by Crippen LogP contribution is 2.23. The maximum Gasteiger partial charge on any atom is 0.0724 e. The summed E-state index contributed by atoms with van der Waals surface area (Å²) >= 11 is 0. The second kappa shape index (κ2) is 3.17. The van der Waals surface area contributed by atoms with E-state index in [2.05, 4.69) is 6.92 Å². The van der Waals surface area contributed by atoms with E-state index in [1.54, 1.807) is 6.08 Å². The molecule has 0 amide bonds. The van der Waals surface area contributed by atoms with Crippen molar-refractivity contribution in [3.8, 4) is 0 Å². The molecule has 2 heteroatoms. The van der Waals surface area contributed by atoms with Crippen molar-refractivity contribution in [2.75, 3.05) is 6.61 Å². The van der Waals surface area contributed by atoms with E-state index < -0.39 is 0 Å². The molecule has 0 fully saturated rings. The zero-order valence-corrected chi connectivity index (χ0v) is 6.20. The Morgan fingerprint density at radius 2 is 2.20 bits per heavy atom. The Bertz CT molecular complexity index is 131. The van der Waals surface area contributed by atoms with E-state index in [0.29, 0.717) is 12.3 Å². The summed E-state index contributed by atoms with van der Waals surface area (Å²) in [7, 11) is 0. The Labute approximate surface area is 61.2 Å². The van der Waals surface area contributed by atoms with Crippen LogP contribution in [0.2, 0.25) is 0 Å². The van der Waals surface area contributed by atoms with E-state index in [9.17, 15) is 0 Å². The molecule has 0 saturated carbocycles. The van der Waals surface area contributed by atoms with Crippen molar-refractivity contribution >= 4 is 0 Å². The van der Waals surface area contributed by atoms with Crippen LogP contribution in [0, 0.1) is 11.8 Å². The molecule has 2 nitrogen and oxygen atoms in total. The molecule has 0 saturated heterocycles. The van der Waals surface area contributed by atoms with Crippen molar-refractivity contribution in [3.05, 3.63) is 12.2 Å². The van der Waals surface area contributed by atoms with Gasteiger partial charge in [-0.2, -0.15) is 0 Å². The second-order valence-electron chi connectivity index (χ2n) is 2.99. The lowest BCUT2D eigenvalue weighted by atomic mass is 9.85. The van der Waals surface area contributed by atoms with E-state index in [4.69, 9.17) is 10.2 Å². The summed E-state index contributed by atoms with van der Waals surface area (Å²) in [5, 5.41) is 18.0. The smallest absolute Gasteiger partial charge is 0.0724 e. The molecule has 3 atom stereocenters. The highest BCUT2D eigenvalue weighted by atomic mass is 16.3. The molecule has 10 heavy (non-hydrogen) atoms. The molecular formula is C8H14O2. The molecule has 0 aliphatic heterocycles. The van der Waals surface area contributed by atoms with Crippen LogP contribution < -0.4 is 0 Å². The largest absolute Gasteiger partial charge is 0.396 e. The van der Waals surface area contributed by atoms with Gasteiger partial charge in [0.05, 0.1) is 6.10 Å². The number of hydrogen-bond donors (Lipinski definition) is 2. The maximum atomic E-state index is 9.13.